The lowest BCUT2D eigenvalue weighted by atomic mass is 10.0. The van der Waals surface area contributed by atoms with Crippen LogP contribution >= 0.6 is 0 Å². The summed E-state index contributed by atoms with van der Waals surface area (Å²) in [5, 5.41) is 2.70. The van der Waals surface area contributed by atoms with Crippen LogP contribution in [0.25, 0.3) is 0 Å². The van der Waals surface area contributed by atoms with Crippen molar-refractivity contribution in [2.75, 3.05) is 43.5 Å². The first-order valence-electron chi connectivity index (χ1n) is 6.89. The van der Waals surface area contributed by atoms with Crippen LogP contribution < -0.4 is 21.7 Å². The third-order valence-corrected chi connectivity index (χ3v) is 3.39. The second kappa shape index (κ2) is 6.45. The van der Waals surface area contributed by atoms with Crippen LogP contribution in [0.2, 0.25) is 0 Å². The Balaban J connectivity index is 2.49. The SMILES string of the molecule is CCNC(=O)c1ccc(C(N)=O)c(N2CCOCC2)c1N. The fraction of sp³-hybridized carbons (Fsp3) is 0.429. The quantitative estimate of drug-likeness (QED) is 0.674. The van der Waals surface area contributed by atoms with Gasteiger partial charge in [0.15, 0.2) is 0 Å². The van der Waals surface area contributed by atoms with E-state index in [1.54, 1.807) is 6.07 Å². The molecule has 0 saturated carbocycles. The molecule has 1 aromatic rings. The Hall–Kier alpha value is -2.28. The summed E-state index contributed by atoms with van der Waals surface area (Å²) < 4.78 is 5.30. The average Bonchev–Trinajstić information content (AvgIpc) is 2.47. The summed E-state index contributed by atoms with van der Waals surface area (Å²) in [6, 6.07) is 3.08. The number of nitrogens with two attached hydrogens (primary N) is 2. The highest BCUT2D eigenvalue weighted by atomic mass is 16.5. The van der Waals surface area contributed by atoms with E-state index < -0.39 is 5.91 Å². The van der Waals surface area contributed by atoms with Crippen molar-refractivity contribution >= 4 is 23.2 Å². The van der Waals surface area contributed by atoms with Gasteiger partial charge in [0.05, 0.1) is 35.7 Å². The minimum Gasteiger partial charge on any atom is -0.396 e. The number of anilines is 2. The molecule has 1 aliphatic heterocycles. The minimum atomic E-state index is -0.564. The maximum atomic E-state index is 12.0. The van der Waals surface area contributed by atoms with Crippen molar-refractivity contribution in [1.29, 1.82) is 0 Å². The molecule has 114 valence electrons. The zero-order chi connectivity index (χ0) is 15.4. The first-order chi connectivity index (χ1) is 10.1. The van der Waals surface area contributed by atoms with Crippen molar-refractivity contribution in [1.82, 2.24) is 5.32 Å². The topological polar surface area (TPSA) is 111 Å². The number of hydrogen-bond donors (Lipinski definition) is 3. The first-order valence-corrected chi connectivity index (χ1v) is 6.89. The van der Waals surface area contributed by atoms with Crippen LogP contribution in [0.15, 0.2) is 12.1 Å². The standard InChI is InChI=1S/C14H20N4O3/c1-2-17-14(20)9-3-4-10(13(16)19)12(11(9)15)18-5-7-21-8-6-18/h3-4H,2,5-8,15H2,1H3,(H2,16,19)(H,17,20). The normalized spacial score (nSPS) is 14.8. The van der Waals surface area contributed by atoms with E-state index in [9.17, 15) is 9.59 Å². The van der Waals surface area contributed by atoms with Crippen molar-refractivity contribution in [3.8, 4) is 0 Å². The number of nitrogens with zero attached hydrogens (tertiary/aromatic N) is 1. The molecule has 7 heteroatoms. The van der Waals surface area contributed by atoms with Crippen LogP contribution in [0.3, 0.4) is 0 Å². The van der Waals surface area contributed by atoms with Crippen LogP contribution in [0.5, 0.6) is 0 Å². The molecule has 1 fully saturated rings. The van der Waals surface area contributed by atoms with Crippen LogP contribution in [0.4, 0.5) is 11.4 Å². The number of nitrogen functional groups attached to an aromatic ring is 1. The number of carbonyl (C=O) groups excluding carboxylic acids is 2. The molecule has 0 radical (unpaired) electrons. The molecule has 1 saturated heterocycles. The third kappa shape index (κ3) is 3.08. The Kier molecular flexibility index (Phi) is 4.64. The number of nitrogens with one attached hydrogen (secondary N) is 1. The smallest absolute Gasteiger partial charge is 0.253 e. The lowest BCUT2D eigenvalue weighted by Gasteiger charge is -2.31. The van der Waals surface area contributed by atoms with Gasteiger partial charge in [-0.15, -0.1) is 0 Å². The molecule has 0 bridgehead atoms. The van der Waals surface area contributed by atoms with Gasteiger partial charge < -0.3 is 26.4 Å². The summed E-state index contributed by atoms with van der Waals surface area (Å²) in [5.41, 5.74) is 13.0. The molecule has 1 aromatic carbocycles. The predicted molar refractivity (Wildman–Crippen MR) is 80.4 cm³/mol. The second-order valence-corrected chi connectivity index (χ2v) is 4.75. The first kappa shape index (κ1) is 15.1. The number of amides is 2. The fourth-order valence-electron chi connectivity index (χ4n) is 2.39. The van der Waals surface area contributed by atoms with Gasteiger partial charge in [0.2, 0.25) is 0 Å². The minimum absolute atomic E-state index is 0.263. The summed E-state index contributed by atoms with van der Waals surface area (Å²) in [4.78, 5) is 25.6. The maximum Gasteiger partial charge on any atom is 0.253 e. The molecule has 1 heterocycles. The fourth-order valence-corrected chi connectivity index (χ4v) is 2.39. The molecular formula is C14H20N4O3. The Morgan fingerprint density at radius 3 is 2.48 bits per heavy atom. The van der Waals surface area contributed by atoms with Gasteiger partial charge in [-0.2, -0.15) is 0 Å². The molecule has 7 nitrogen and oxygen atoms in total. The summed E-state index contributed by atoms with van der Waals surface area (Å²) in [6.45, 7) is 4.62. The molecule has 0 unspecified atom stereocenters. The summed E-state index contributed by atoms with van der Waals surface area (Å²) in [7, 11) is 0. The second-order valence-electron chi connectivity index (χ2n) is 4.75. The highest BCUT2D eigenvalue weighted by molar-refractivity contribution is 6.08. The summed E-state index contributed by atoms with van der Waals surface area (Å²) >= 11 is 0. The molecule has 0 aromatic heterocycles. The van der Waals surface area contributed by atoms with Crippen molar-refractivity contribution in [2.24, 2.45) is 5.73 Å². The molecule has 21 heavy (non-hydrogen) atoms. The van der Waals surface area contributed by atoms with E-state index in [0.717, 1.165) is 0 Å². The number of rotatable bonds is 4. The lowest BCUT2D eigenvalue weighted by molar-refractivity contribution is 0.0953. The van der Waals surface area contributed by atoms with Gasteiger partial charge in [0.25, 0.3) is 11.8 Å². The molecule has 0 spiro atoms. The van der Waals surface area contributed by atoms with Crippen molar-refractivity contribution in [2.45, 2.75) is 6.92 Å². The molecular weight excluding hydrogens is 272 g/mol. The van der Waals surface area contributed by atoms with Crippen molar-refractivity contribution in [3.63, 3.8) is 0 Å². The maximum absolute atomic E-state index is 12.0. The molecule has 2 amide bonds. The molecule has 2 rings (SSSR count). The average molecular weight is 292 g/mol. The van der Waals surface area contributed by atoms with E-state index in [-0.39, 0.29) is 11.6 Å². The number of carbonyl (C=O) groups is 2. The zero-order valence-corrected chi connectivity index (χ0v) is 12.0. The van der Waals surface area contributed by atoms with Crippen LogP contribution in [0, 0.1) is 0 Å². The van der Waals surface area contributed by atoms with Gasteiger partial charge in [-0.25, -0.2) is 0 Å². The number of morpholine rings is 1. The Bertz CT molecular complexity index is 553. The van der Waals surface area contributed by atoms with Crippen LogP contribution in [-0.4, -0.2) is 44.7 Å². The Morgan fingerprint density at radius 2 is 1.90 bits per heavy atom. The van der Waals surface area contributed by atoms with E-state index in [2.05, 4.69) is 5.32 Å². The van der Waals surface area contributed by atoms with E-state index in [1.807, 2.05) is 11.8 Å². The Morgan fingerprint density at radius 1 is 1.29 bits per heavy atom. The van der Waals surface area contributed by atoms with E-state index >= 15 is 0 Å². The monoisotopic (exact) mass is 292 g/mol. The lowest BCUT2D eigenvalue weighted by Crippen LogP contribution is -2.38. The van der Waals surface area contributed by atoms with Gasteiger partial charge >= 0.3 is 0 Å². The highest BCUT2D eigenvalue weighted by Crippen LogP contribution is 2.31. The molecule has 1 aliphatic rings. The van der Waals surface area contributed by atoms with E-state index in [4.69, 9.17) is 16.2 Å². The number of primary amides is 1. The number of ether oxygens (including phenoxy) is 1. The zero-order valence-electron chi connectivity index (χ0n) is 12.0. The molecule has 5 N–H and O–H groups in total. The van der Waals surface area contributed by atoms with E-state index in [1.165, 1.54) is 6.07 Å². The van der Waals surface area contributed by atoms with Gasteiger partial charge in [-0.05, 0) is 19.1 Å². The summed E-state index contributed by atoms with van der Waals surface area (Å²) in [5.74, 6) is -0.828. The number of benzene rings is 1. The van der Waals surface area contributed by atoms with Crippen molar-refractivity contribution < 1.29 is 14.3 Å². The third-order valence-electron chi connectivity index (χ3n) is 3.39. The number of hydrogen-bond acceptors (Lipinski definition) is 5. The predicted octanol–water partition coefficient (Wildman–Crippen LogP) is -0.0460. The van der Waals surface area contributed by atoms with E-state index in [0.29, 0.717) is 49.7 Å². The molecule has 0 atom stereocenters. The van der Waals surface area contributed by atoms with Crippen LogP contribution in [-0.2, 0) is 4.74 Å². The molecule has 0 aliphatic carbocycles. The highest BCUT2D eigenvalue weighted by Gasteiger charge is 2.23. The largest absolute Gasteiger partial charge is 0.396 e. The van der Waals surface area contributed by atoms with Gasteiger partial charge in [-0.3, -0.25) is 9.59 Å². The van der Waals surface area contributed by atoms with Crippen molar-refractivity contribution in [3.05, 3.63) is 23.3 Å². The van der Waals surface area contributed by atoms with Crippen LogP contribution in [0.1, 0.15) is 27.6 Å². The van der Waals surface area contributed by atoms with Gasteiger partial charge in [-0.1, -0.05) is 0 Å². The van der Waals surface area contributed by atoms with Gasteiger partial charge in [0, 0.05) is 19.6 Å². The van der Waals surface area contributed by atoms with Gasteiger partial charge in [0.1, 0.15) is 0 Å². The summed E-state index contributed by atoms with van der Waals surface area (Å²) in [6.07, 6.45) is 0. The Labute approximate surface area is 123 Å².